The molecule has 9 nitrogen and oxygen atoms in total. The first kappa shape index (κ1) is 27.4. The highest BCUT2D eigenvalue weighted by Crippen LogP contribution is 2.27. The number of hydrogen-bond donors (Lipinski definition) is 4. The molecule has 1 aromatic carbocycles. The lowest BCUT2D eigenvalue weighted by molar-refractivity contribution is 0.00589. The van der Waals surface area contributed by atoms with E-state index >= 15 is 0 Å². The number of aromatic nitrogens is 1. The highest BCUT2D eigenvalue weighted by Gasteiger charge is 2.33. The van der Waals surface area contributed by atoms with Gasteiger partial charge in [-0.1, -0.05) is 0 Å². The van der Waals surface area contributed by atoms with Gasteiger partial charge in [0.2, 0.25) is 0 Å². The van der Waals surface area contributed by atoms with Crippen LogP contribution in [0.5, 0.6) is 0 Å². The topological polar surface area (TPSA) is 122 Å². The number of hydrazine groups is 1. The highest BCUT2D eigenvalue weighted by molar-refractivity contribution is 7.98. The van der Waals surface area contributed by atoms with Crippen molar-refractivity contribution in [2.24, 2.45) is 5.92 Å². The van der Waals surface area contributed by atoms with Crippen LogP contribution in [-0.4, -0.2) is 47.1 Å². The van der Waals surface area contributed by atoms with Gasteiger partial charge in [0, 0.05) is 35.7 Å². The van der Waals surface area contributed by atoms with E-state index in [1.807, 2.05) is 42.7 Å². The first-order valence-corrected chi connectivity index (χ1v) is 13.0. The number of fused-ring (bicyclic) bond motifs is 1. The molecule has 0 aliphatic carbocycles. The summed E-state index contributed by atoms with van der Waals surface area (Å²) in [6.45, 7) is 5.82. The van der Waals surface area contributed by atoms with Gasteiger partial charge in [-0.3, -0.25) is 4.79 Å². The fourth-order valence-corrected chi connectivity index (χ4v) is 4.27. The largest absolute Gasteiger partial charge is 0.444 e. The maximum absolute atomic E-state index is 13.7. The van der Waals surface area contributed by atoms with E-state index in [4.69, 9.17) is 10.00 Å². The predicted molar refractivity (Wildman–Crippen MR) is 139 cm³/mol. The van der Waals surface area contributed by atoms with Crippen molar-refractivity contribution in [3.05, 3.63) is 52.4 Å². The summed E-state index contributed by atoms with van der Waals surface area (Å²) in [6, 6.07) is 11.9. The Labute approximate surface area is 214 Å². The predicted octanol–water partition coefficient (Wildman–Crippen LogP) is 4.63. The number of benzene rings is 1. The molecule has 3 atom stereocenters. The van der Waals surface area contributed by atoms with E-state index in [0.29, 0.717) is 18.5 Å². The van der Waals surface area contributed by atoms with Crippen LogP contribution >= 0.6 is 11.8 Å². The van der Waals surface area contributed by atoms with Crippen molar-refractivity contribution in [1.29, 1.82) is 5.26 Å². The number of alkyl halides is 1. The number of amides is 1. The number of halogens is 1. The van der Waals surface area contributed by atoms with E-state index in [1.54, 1.807) is 38.7 Å². The Kier molecular flexibility index (Phi) is 9.23. The molecule has 2 aliphatic heterocycles. The molecule has 4 N–H and O–H groups in total. The summed E-state index contributed by atoms with van der Waals surface area (Å²) in [5.74, 6) is -0.251. The molecule has 1 saturated heterocycles. The van der Waals surface area contributed by atoms with Crippen molar-refractivity contribution < 1.29 is 13.9 Å². The fraction of sp³-hybridized carbons (Fsp3) is 0.480. The molecule has 2 aliphatic rings. The molecular weight excluding hydrogens is 483 g/mol. The second-order valence-corrected chi connectivity index (χ2v) is 10.4. The molecular formula is C25H33FN6O3S. The zero-order valence-electron chi connectivity index (χ0n) is 20.9. The second kappa shape index (κ2) is 12.1. The van der Waals surface area contributed by atoms with Gasteiger partial charge in [0.15, 0.2) is 0 Å². The van der Waals surface area contributed by atoms with E-state index in [-0.39, 0.29) is 30.6 Å². The number of likely N-dealkylation sites (tertiary alicyclic amines) is 1. The molecule has 194 valence electrons. The van der Waals surface area contributed by atoms with Gasteiger partial charge in [0.25, 0.3) is 5.56 Å². The minimum Gasteiger partial charge on any atom is -0.444 e. The summed E-state index contributed by atoms with van der Waals surface area (Å²) >= 11 is 1.70. The Morgan fingerprint density at radius 1 is 1.31 bits per heavy atom. The standard InChI is InChI=1S/C13H14N4OS.C12H19FN2O2/c1-19-9-4-2-8(3-5-9)15-12-11-10(16-17-12)6-7-14-13(11)18;1-12(2,3)17-11(16)15-7-5-9(4-6-14)10(13)8-15/h2-7,12,15-17H,1H3,(H,14,18);9-10H,4-5,7-8H2,1-3H3/t;9-,10?/m.1/s1. The van der Waals surface area contributed by atoms with Gasteiger partial charge in [0.05, 0.1) is 23.9 Å². The van der Waals surface area contributed by atoms with Crippen LogP contribution in [0.2, 0.25) is 0 Å². The third-order valence-electron chi connectivity index (χ3n) is 5.72. The van der Waals surface area contributed by atoms with E-state index in [2.05, 4.69) is 21.2 Å². The lowest BCUT2D eigenvalue weighted by Gasteiger charge is -2.34. The number of thioether (sulfide) groups is 1. The Hall–Kier alpha value is -3.23. The minimum atomic E-state index is -1.13. The van der Waals surface area contributed by atoms with Gasteiger partial charge >= 0.3 is 6.09 Å². The van der Waals surface area contributed by atoms with Crippen molar-refractivity contribution in [3.63, 3.8) is 0 Å². The van der Waals surface area contributed by atoms with Gasteiger partial charge in [-0.25, -0.2) is 14.6 Å². The highest BCUT2D eigenvalue weighted by atomic mass is 32.2. The van der Waals surface area contributed by atoms with Crippen molar-refractivity contribution in [1.82, 2.24) is 15.3 Å². The molecule has 1 aromatic heterocycles. The van der Waals surface area contributed by atoms with Gasteiger partial charge in [-0.05, 0) is 63.8 Å². The average molecular weight is 517 g/mol. The molecule has 2 aromatic rings. The van der Waals surface area contributed by atoms with Crippen molar-refractivity contribution in [2.45, 2.75) is 56.4 Å². The quantitative estimate of drug-likeness (QED) is 0.434. The van der Waals surface area contributed by atoms with Gasteiger partial charge < -0.3 is 25.4 Å². The number of ether oxygens (including phenoxy) is 1. The summed E-state index contributed by atoms with van der Waals surface area (Å²) < 4.78 is 18.9. The summed E-state index contributed by atoms with van der Waals surface area (Å²) in [4.78, 5) is 28.8. The van der Waals surface area contributed by atoms with Crippen LogP contribution in [0.3, 0.4) is 0 Å². The molecule has 1 amide bonds. The Morgan fingerprint density at radius 2 is 2.03 bits per heavy atom. The van der Waals surface area contributed by atoms with Crippen LogP contribution in [0.4, 0.5) is 20.6 Å². The number of hydrogen-bond acceptors (Lipinski definition) is 8. The maximum Gasteiger partial charge on any atom is 0.410 e. The molecule has 1 fully saturated rings. The molecule has 2 unspecified atom stereocenters. The number of rotatable bonds is 4. The molecule has 0 radical (unpaired) electrons. The zero-order valence-corrected chi connectivity index (χ0v) is 21.7. The van der Waals surface area contributed by atoms with E-state index in [9.17, 15) is 14.0 Å². The van der Waals surface area contributed by atoms with Crippen LogP contribution in [0.25, 0.3) is 0 Å². The van der Waals surface area contributed by atoms with Gasteiger partial charge in [-0.15, -0.1) is 11.8 Å². The monoisotopic (exact) mass is 516 g/mol. The first-order valence-electron chi connectivity index (χ1n) is 11.7. The third kappa shape index (κ3) is 7.38. The molecule has 0 spiro atoms. The number of carbonyl (C=O) groups excluding carboxylic acids is 1. The number of anilines is 2. The summed E-state index contributed by atoms with van der Waals surface area (Å²) in [7, 11) is 0. The Balaban J connectivity index is 0.000000202. The third-order valence-corrected chi connectivity index (χ3v) is 6.46. The second-order valence-electron chi connectivity index (χ2n) is 9.56. The minimum absolute atomic E-state index is 0.0290. The lowest BCUT2D eigenvalue weighted by Crippen LogP contribution is -2.46. The average Bonchev–Trinajstić information content (AvgIpc) is 3.24. The molecule has 4 rings (SSSR count). The van der Waals surface area contributed by atoms with E-state index in [1.165, 1.54) is 9.80 Å². The van der Waals surface area contributed by atoms with Crippen LogP contribution in [0.1, 0.15) is 45.3 Å². The number of carbonyl (C=O) groups is 1. The summed E-state index contributed by atoms with van der Waals surface area (Å²) in [6.07, 6.45) is 2.57. The molecule has 3 heterocycles. The van der Waals surface area contributed by atoms with Crippen LogP contribution in [0, 0.1) is 17.2 Å². The van der Waals surface area contributed by atoms with Crippen molar-refractivity contribution >= 4 is 29.2 Å². The number of H-pyrrole nitrogens is 1. The normalized spacial score (nSPS) is 20.8. The Bertz CT molecular complexity index is 1130. The molecule has 11 heteroatoms. The molecule has 0 saturated carbocycles. The smallest absolute Gasteiger partial charge is 0.410 e. The number of piperidine rings is 1. The van der Waals surface area contributed by atoms with Crippen LogP contribution < -0.4 is 21.7 Å². The maximum atomic E-state index is 13.7. The number of aromatic amines is 1. The summed E-state index contributed by atoms with van der Waals surface area (Å²) in [5, 5.41) is 11.8. The number of nitrogens with zero attached hydrogens (tertiary/aromatic N) is 2. The number of nitrogens with one attached hydrogen (secondary N) is 4. The Morgan fingerprint density at radius 3 is 2.64 bits per heavy atom. The zero-order chi connectivity index (χ0) is 26.3. The fourth-order valence-electron chi connectivity index (χ4n) is 3.86. The van der Waals surface area contributed by atoms with Crippen molar-refractivity contribution in [3.8, 4) is 6.07 Å². The van der Waals surface area contributed by atoms with Crippen molar-refractivity contribution in [2.75, 3.05) is 30.1 Å². The van der Waals surface area contributed by atoms with Gasteiger partial charge in [-0.2, -0.15) is 5.26 Å². The SMILES string of the molecule is CC(C)(C)OC(=O)N1CC[C@@H](CC#N)C(F)C1.CSc1ccc(NC2NNc3cc[nH]c(=O)c32)cc1. The number of nitriles is 1. The molecule has 0 bridgehead atoms. The van der Waals surface area contributed by atoms with E-state index in [0.717, 1.165) is 11.4 Å². The number of pyridine rings is 1. The van der Waals surface area contributed by atoms with Gasteiger partial charge in [0.1, 0.15) is 17.9 Å². The van der Waals surface area contributed by atoms with Crippen LogP contribution in [-0.2, 0) is 4.74 Å². The lowest BCUT2D eigenvalue weighted by atomic mass is 9.92. The first-order chi connectivity index (χ1) is 17.1. The van der Waals surface area contributed by atoms with Crippen LogP contribution in [0.15, 0.2) is 46.2 Å². The molecule has 36 heavy (non-hydrogen) atoms. The summed E-state index contributed by atoms with van der Waals surface area (Å²) in [5.41, 5.74) is 7.85. The van der Waals surface area contributed by atoms with E-state index < -0.39 is 17.9 Å².